The van der Waals surface area contributed by atoms with Gasteiger partial charge in [0.05, 0.1) is 16.4 Å². The SMILES string of the molecule is CC(=O)N1c2ccc(S(=O)(=O)NCc3ccc(-c4csc(C)n4)o3)cc2CC1C. The Labute approximate surface area is 173 Å². The molecule has 0 bridgehead atoms. The first-order chi connectivity index (χ1) is 13.7. The highest BCUT2D eigenvalue weighted by molar-refractivity contribution is 7.89. The number of nitrogens with zero attached hydrogens (tertiary/aromatic N) is 2. The highest BCUT2D eigenvalue weighted by atomic mass is 32.2. The maximum Gasteiger partial charge on any atom is 0.240 e. The zero-order valence-electron chi connectivity index (χ0n) is 16.3. The predicted octanol–water partition coefficient (Wildman–Crippen LogP) is 3.49. The predicted molar refractivity (Wildman–Crippen MR) is 111 cm³/mol. The van der Waals surface area contributed by atoms with Crippen molar-refractivity contribution < 1.29 is 17.6 Å². The van der Waals surface area contributed by atoms with Crippen LogP contribution >= 0.6 is 11.3 Å². The molecule has 0 aliphatic carbocycles. The number of nitrogens with one attached hydrogen (secondary N) is 1. The third-order valence-electron chi connectivity index (χ3n) is 4.89. The molecule has 4 rings (SSSR count). The zero-order chi connectivity index (χ0) is 20.8. The van der Waals surface area contributed by atoms with Gasteiger partial charge >= 0.3 is 0 Å². The summed E-state index contributed by atoms with van der Waals surface area (Å²) in [6.45, 7) is 5.42. The Bertz CT molecular complexity index is 1180. The number of thiazole rings is 1. The third kappa shape index (κ3) is 3.85. The molecule has 29 heavy (non-hydrogen) atoms. The van der Waals surface area contributed by atoms with Crippen molar-refractivity contribution in [2.75, 3.05) is 4.90 Å². The van der Waals surface area contributed by atoms with Crippen LogP contribution in [0.4, 0.5) is 5.69 Å². The molecule has 1 unspecified atom stereocenters. The van der Waals surface area contributed by atoms with Crippen molar-refractivity contribution in [3.8, 4) is 11.5 Å². The summed E-state index contributed by atoms with van der Waals surface area (Å²) in [5.41, 5.74) is 2.37. The molecule has 1 amide bonds. The summed E-state index contributed by atoms with van der Waals surface area (Å²) in [6.07, 6.45) is 0.632. The van der Waals surface area contributed by atoms with Gasteiger partial charge in [-0.15, -0.1) is 11.3 Å². The molecule has 9 heteroatoms. The van der Waals surface area contributed by atoms with Crippen LogP contribution in [0, 0.1) is 6.92 Å². The molecule has 0 spiro atoms. The lowest BCUT2D eigenvalue weighted by Crippen LogP contribution is -2.33. The summed E-state index contributed by atoms with van der Waals surface area (Å²) in [7, 11) is -3.71. The van der Waals surface area contributed by atoms with E-state index in [1.54, 1.807) is 29.2 Å². The second kappa shape index (κ2) is 7.40. The van der Waals surface area contributed by atoms with Crippen molar-refractivity contribution in [3.05, 3.63) is 52.0 Å². The van der Waals surface area contributed by atoms with Crippen molar-refractivity contribution in [1.82, 2.24) is 9.71 Å². The lowest BCUT2D eigenvalue weighted by Gasteiger charge is -2.20. The highest BCUT2D eigenvalue weighted by Crippen LogP contribution is 2.34. The molecule has 0 radical (unpaired) electrons. The van der Waals surface area contributed by atoms with Crippen molar-refractivity contribution in [2.45, 2.75) is 44.7 Å². The summed E-state index contributed by atoms with van der Waals surface area (Å²) in [6, 6.07) is 8.41. The Morgan fingerprint density at radius 1 is 1.34 bits per heavy atom. The number of furan rings is 1. The Hall–Kier alpha value is -2.49. The number of benzene rings is 1. The lowest BCUT2D eigenvalue weighted by atomic mass is 10.1. The van der Waals surface area contributed by atoms with Crippen LogP contribution in [0.5, 0.6) is 0 Å². The minimum absolute atomic E-state index is 0.0179. The van der Waals surface area contributed by atoms with Crippen LogP contribution in [0.2, 0.25) is 0 Å². The van der Waals surface area contributed by atoms with E-state index in [1.165, 1.54) is 24.3 Å². The third-order valence-corrected chi connectivity index (χ3v) is 7.06. The first-order valence-corrected chi connectivity index (χ1v) is 11.5. The van der Waals surface area contributed by atoms with E-state index in [4.69, 9.17) is 4.42 Å². The number of amides is 1. The fourth-order valence-corrected chi connectivity index (χ4v) is 5.24. The lowest BCUT2D eigenvalue weighted by molar-refractivity contribution is -0.116. The van der Waals surface area contributed by atoms with Crippen molar-refractivity contribution in [2.24, 2.45) is 0 Å². The van der Waals surface area contributed by atoms with E-state index < -0.39 is 10.0 Å². The van der Waals surface area contributed by atoms with Crippen LogP contribution in [-0.2, 0) is 27.8 Å². The van der Waals surface area contributed by atoms with Gasteiger partial charge in [-0.1, -0.05) is 0 Å². The van der Waals surface area contributed by atoms with Gasteiger partial charge < -0.3 is 9.32 Å². The first kappa shape index (κ1) is 19.8. The molecule has 0 fully saturated rings. The summed E-state index contributed by atoms with van der Waals surface area (Å²) >= 11 is 1.53. The fourth-order valence-electron chi connectivity index (χ4n) is 3.59. The molecule has 1 atom stereocenters. The van der Waals surface area contributed by atoms with Gasteiger partial charge in [-0.25, -0.2) is 18.1 Å². The molecule has 0 saturated heterocycles. The van der Waals surface area contributed by atoms with Crippen LogP contribution in [0.25, 0.3) is 11.5 Å². The maximum absolute atomic E-state index is 12.7. The number of anilines is 1. The number of aromatic nitrogens is 1. The standard InChI is InChI=1S/C20H21N3O4S2/c1-12-8-15-9-17(5-6-19(15)23(12)14(3)24)29(25,26)21-10-16-4-7-20(27-16)18-11-28-13(2)22-18/h4-7,9,11-12,21H,8,10H2,1-3H3. The van der Waals surface area contributed by atoms with Crippen LogP contribution in [0.15, 0.2) is 45.0 Å². The molecule has 3 heterocycles. The van der Waals surface area contributed by atoms with E-state index in [0.717, 1.165) is 22.0 Å². The molecule has 7 nitrogen and oxygen atoms in total. The quantitative estimate of drug-likeness (QED) is 0.668. The van der Waals surface area contributed by atoms with Crippen molar-refractivity contribution in [3.63, 3.8) is 0 Å². The van der Waals surface area contributed by atoms with E-state index in [0.29, 0.717) is 17.9 Å². The summed E-state index contributed by atoms with van der Waals surface area (Å²) in [5.74, 6) is 1.07. The topological polar surface area (TPSA) is 92.5 Å². The molecule has 1 aliphatic heterocycles. The van der Waals surface area contributed by atoms with Crippen molar-refractivity contribution in [1.29, 1.82) is 0 Å². The second-order valence-electron chi connectivity index (χ2n) is 7.07. The highest BCUT2D eigenvalue weighted by Gasteiger charge is 2.30. The molecule has 1 N–H and O–H groups in total. The van der Waals surface area contributed by atoms with Gasteiger partial charge in [0, 0.05) is 24.0 Å². The first-order valence-electron chi connectivity index (χ1n) is 9.18. The molecule has 1 aliphatic rings. The van der Waals surface area contributed by atoms with E-state index in [9.17, 15) is 13.2 Å². The number of hydrogen-bond donors (Lipinski definition) is 1. The number of carbonyl (C=O) groups excluding carboxylic acids is 1. The van der Waals surface area contributed by atoms with Crippen molar-refractivity contribution >= 4 is 33.0 Å². The van der Waals surface area contributed by atoms with E-state index in [-0.39, 0.29) is 23.4 Å². The average Bonchev–Trinajstić information content (AvgIpc) is 3.36. The normalized spacial score (nSPS) is 16.2. The number of hydrogen-bond acceptors (Lipinski definition) is 6. The summed E-state index contributed by atoms with van der Waals surface area (Å²) in [5, 5.41) is 2.84. The largest absolute Gasteiger partial charge is 0.458 e. The molecule has 152 valence electrons. The Kier molecular flexibility index (Phi) is 5.05. The minimum atomic E-state index is -3.71. The summed E-state index contributed by atoms with van der Waals surface area (Å²) in [4.78, 5) is 18.1. The van der Waals surface area contributed by atoms with Gasteiger partial charge in [-0.3, -0.25) is 4.79 Å². The Balaban J connectivity index is 1.50. The molecule has 2 aromatic heterocycles. The van der Waals surface area contributed by atoms with Gasteiger partial charge in [0.2, 0.25) is 15.9 Å². The number of aryl methyl sites for hydroxylation is 1. The molecular weight excluding hydrogens is 410 g/mol. The molecule has 1 aromatic carbocycles. The Morgan fingerprint density at radius 2 is 2.14 bits per heavy atom. The number of rotatable bonds is 5. The van der Waals surface area contributed by atoms with E-state index in [2.05, 4.69) is 9.71 Å². The van der Waals surface area contributed by atoms with E-state index >= 15 is 0 Å². The maximum atomic E-state index is 12.7. The van der Waals surface area contributed by atoms with Crippen LogP contribution in [-0.4, -0.2) is 25.4 Å². The minimum Gasteiger partial charge on any atom is -0.458 e. The van der Waals surface area contributed by atoms with E-state index in [1.807, 2.05) is 19.2 Å². The van der Waals surface area contributed by atoms with Gasteiger partial charge in [0.15, 0.2) is 5.76 Å². The average molecular weight is 432 g/mol. The zero-order valence-corrected chi connectivity index (χ0v) is 17.9. The molecule has 0 saturated carbocycles. The van der Waals surface area contributed by atoms with Crippen LogP contribution in [0.3, 0.4) is 0 Å². The van der Waals surface area contributed by atoms with Gasteiger partial charge in [-0.05, 0) is 56.2 Å². The Morgan fingerprint density at radius 3 is 2.83 bits per heavy atom. The summed E-state index contributed by atoms with van der Waals surface area (Å²) < 4.78 is 33.8. The van der Waals surface area contributed by atoms with Crippen LogP contribution in [0.1, 0.15) is 30.2 Å². The van der Waals surface area contributed by atoms with Gasteiger partial charge in [0.25, 0.3) is 0 Å². The number of carbonyl (C=O) groups is 1. The molecular formula is C20H21N3O4S2. The second-order valence-corrected chi connectivity index (χ2v) is 9.90. The fraction of sp³-hybridized carbons (Fsp3) is 0.300. The monoisotopic (exact) mass is 431 g/mol. The van der Waals surface area contributed by atoms with Gasteiger partial charge in [-0.2, -0.15) is 0 Å². The number of sulfonamides is 1. The van der Waals surface area contributed by atoms with Crippen LogP contribution < -0.4 is 9.62 Å². The van der Waals surface area contributed by atoms with Gasteiger partial charge in [0.1, 0.15) is 11.5 Å². The number of fused-ring (bicyclic) bond motifs is 1. The smallest absolute Gasteiger partial charge is 0.240 e. The molecule has 3 aromatic rings.